The lowest BCUT2D eigenvalue weighted by Crippen LogP contribution is -2.18. The number of halogens is 1. The highest BCUT2D eigenvalue weighted by molar-refractivity contribution is 5.39. The van der Waals surface area contributed by atoms with Gasteiger partial charge in [0.05, 0.1) is 0 Å². The van der Waals surface area contributed by atoms with Gasteiger partial charge in [0.2, 0.25) is 0 Å². The Morgan fingerprint density at radius 2 is 1.89 bits per heavy atom. The van der Waals surface area contributed by atoms with Crippen LogP contribution in [0.1, 0.15) is 24.1 Å². The number of pyridine rings is 1. The van der Waals surface area contributed by atoms with E-state index in [1.807, 2.05) is 31.0 Å². The molecular formula is C15H18FN3. The molecule has 0 fully saturated rings. The summed E-state index contributed by atoms with van der Waals surface area (Å²) >= 11 is 0. The van der Waals surface area contributed by atoms with Crippen LogP contribution in [0, 0.1) is 5.82 Å². The summed E-state index contributed by atoms with van der Waals surface area (Å²) in [7, 11) is 1.96. The Balaban J connectivity index is 2.07. The predicted molar refractivity (Wildman–Crippen MR) is 75.3 cm³/mol. The molecule has 2 aromatic rings. The fraction of sp³-hybridized carbons (Fsp3) is 0.267. The maximum absolute atomic E-state index is 12.8. The van der Waals surface area contributed by atoms with Gasteiger partial charge in [-0.3, -0.25) is 0 Å². The normalized spacial score (nSPS) is 12.2. The molecule has 1 aromatic heterocycles. The van der Waals surface area contributed by atoms with Crippen LogP contribution in [0.2, 0.25) is 0 Å². The summed E-state index contributed by atoms with van der Waals surface area (Å²) < 4.78 is 12.8. The van der Waals surface area contributed by atoms with Gasteiger partial charge in [0, 0.05) is 25.8 Å². The summed E-state index contributed by atoms with van der Waals surface area (Å²) in [6, 6.07) is 10.4. The van der Waals surface area contributed by atoms with Gasteiger partial charge < -0.3 is 10.6 Å². The van der Waals surface area contributed by atoms with E-state index in [0.29, 0.717) is 6.54 Å². The summed E-state index contributed by atoms with van der Waals surface area (Å²) in [4.78, 5) is 6.40. The molecule has 0 aliphatic rings. The van der Waals surface area contributed by atoms with Gasteiger partial charge >= 0.3 is 0 Å². The van der Waals surface area contributed by atoms with Crippen molar-refractivity contribution in [3.63, 3.8) is 0 Å². The fourth-order valence-corrected chi connectivity index (χ4v) is 1.84. The first-order valence-electron chi connectivity index (χ1n) is 6.23. The van der Waals surface area contributed by atoms with Gasteiger partial charge in [-0.2, -0.15) is 0 Å². The number of nitrogens with zero attached hydrogens (tertiary/aromatic N) is 2. The van der Waals surface area contributed by atoms with Gasteiger partial charge in [-0.1, -0.05) is 18.2 Å². The number of hydrogen-bond acceptors (Lipinski definition) is 3. The van der Waals surface area contributed by atoms with E-state index < -0.39 is 0 Å². The minimum absolute atomic E-state index is 0.0102. The molecule has 0 spiro atoms. The lowest BCUT2D eigenvalue weighted by molar-refractivity contribution is 0.627. The molecule has 19 heavy (non-hydrogen) atoms. The Morgan fingerprint density at radius 3 is 2.42 bits per heavy atom. The number of rotatable bonds is 4. The standard InChI is InChI=1S/C15H18FN3/c1-11(17)13-5-8-15(18-9-13)19(2)10-12-3-6-14(16)7-4-12/h3-9,11H,10,17H2,1-2H3/t11-/m0/s1. The van der Waals surface area contributed by atoms with Crippen molar-refractivity contribution in [2.24, 2.45) is 5.73 Å². The number of anilines is 1. The highest BCUT2D eigenvalue weighted by Gasteiger charge is 2.05. The summed E-state index contributed by atoms with van der Waals surface area (Å²) in [5.41, 5.74) is 7.84. The lowest BCUT2D eigenvalue weighted by Gasteiger charge is -2.18. The molecule has 1 heterocycles. The van der Waals surface area contributed by atoms with Crippen LogP contribution in [0.3, 0.4) is 0 Å². The summed E-state index contributed by atoms with van der Waals surface area (Å²) in [6.45, 7) is 2.61. The van der Waals surface area contributed by atoms with Crippen LogP contribution in [0.4, 0.5) is 10.2 Å². The maximum Gasteiger partial charge on any atom is 0.128 e. The molecule has 0 aliphatic carbocycles. The van der Waals surface area contributed by atoms with Crippen LogP contribution in [-0.2, 0) is 6.54 Å². The third kappa shape index (κ3) is 3.51. The number of aromatic nitrogens is 1. The molecule has 0 saturated heterocycles. The lowest BCUT2D eigenvalue weighted by atomic mass is 10.1. The average Bonchev–Trinajstić information content (AvgIpc) is 2.41. The molecule has 2 N–H and O–H groups in total. The van der Waals surface area contributed by atoms with Crippen LogP contribution in [0.15, 0.2) is 42.6 Å². The first kappa shape index (κ1) is 13.5. The monoisotopic (exact) mass is 259 g/mol. The highest BCUT2D eigenvalue weighted by Crippen LogP contribution is 2.15. The number of hydrogen-bond donors (Lipinski definition) is 1. The summed E-state index contributed by atoms with van der Waals surface area (Å²) in [6.07, 6.45) is 1.79. The Labute approximate surface area is 112 Å². The SMILES string of the molecule is C[C@H](N)c1ccc(N(C)Cc2ccc(F)cc2)nc1. The van der Waals surface area contributed by atoms with Crippen LogP contribution < -0.4 is 10.6 Å². The largest absolute Gasteiger partial charge is 0.355 e. The molecule has 0 amide bonds. The van der Waals surface area contributed by atoms with Crippen LogP contribution in [0.25, 0.3) is 0 Å². The molecular weight excluding hydrogens is 241 g/mol. The molecule has 0 aliphatic heterocycles. The second kappa shape index (κ2) is 5.80. The van der Waals surface area contributed by atoms with Gasteiger partial charge in [-0.15, -0.1) is 0 Å². The van der Waals surface area contributed by atoms with Crippen LogP contribution >= 0.6 is 0 Å². The third-order valence-corrected chi connectivity index (χ3v) is 3.02. The van der Waals surface area contributed by atoms with Gasteiger partial charge in [-0.25, -0.2) is 9.37 Å². The third-order valence-electron chi connectivity index (χ3n) is 3.02. The first-order valence-corrected chi connectivity index (χ1v) is 6.23. The van der Waals surface area contributed by atoms with Crippen LogP contribution in [-0.4, -0.2) is 12.0 Å². The average molecular weight is 259 g/mol. The molecule has 0 unspecified atom stereocenters. The van der Waals surface area contributed by atoms with E-state index in [1.54, 1.807) is 18.3 Å². The molecule has 0 radical (unpaired) electrons. The van der Waals surface area contributed by atoms with Crippen molar-refractivity contribution >= 4 is 5.82 Å². The van der Waals surface area contributed by atoms with Crippen LogP contribution in [0.5, 0.6) is 0 Å². The zero-order chi connectivity index (χ0) is 13.8. The van der Waals surface area contributed by atoms with E-state index in [1.165, 1.54) is 12.1 Å². The zero-order valence-electron chi connectivity index (χ0n) is 11.2. The van der Waals surface area contributed by atoms with E-state index in [4.69, 9.17) is 5.73 Å². The molecule has 3 nitrogen and oxygen atoms in total. The summed E-state index contributed by atoms with van der Waals surface area (Å²) in [5.74, 6) is 0.652. The molecule has 1 aromatic carbocycles. The molecule has 4 heteroatoms. The van der Waals surface area contributed by atoms with E-state index in [-0.39, 0.29) is 11.9 Å². The minimum atomic E-state index is -0.217. The van der Waals surface area contributed by atoms with Crippen molar-refractivity contribution < 1.29 is 4.39 Å². The Bertz CT molecular complexity index is 520. The predicted octanol–water partition coefficient (Wildman–Crippen LogP) is 2.88. The van der Waals surface area contributed by atoms with Crippen molar-refractivity contribution in [2.45, 2.75) is 19.5 Å². The number of nitrogens with two attached hydrogens (primary N) is 1. The molecule has 100 valence electrons. The molecule has 0 saturated carbocycles. The molecule has 2 rings (SSSR count). The van der Waals surface area contributed by atoms with Crippen molar-refractivity contribution in [3.05, 3.63) is 59.5 Å². The second-order valence-electron chi connectivity index (χ2n) is 4.72. The molecule has 1 atom stereocenters. The van der Waals surface area contributed by atoms with Crippen molar-refractivity contribution in [2.75, 3.05) is 11.9 Å². The van der Waals surface area contributed by atoms with Crippen molar-refractivity contribution in [1.29, 1.82) is 0 Å². The minimum Gasteiger partial charge on any atom is -0.355 e. The maximum atomic E-state index is 12.8. The zero-order valence-corrected chi connectivity index (χ0v) is 11.2. The van der Waals surface area contributed by atoms with Gasteiger partial charge in [0.15, 0.2) is 0 Å². The van der Waals surface area contributed by atoms with E-state index in [9.17, 15) is 4.39 Å². The highest BCUT2D eigenvalue weighted by atomic mass is 19.1. The second-order valence-corrected chi connectivity index (χ2v) is 4.72. The summed E-state index contributed by atoms with van der Waals surface area (Å²) in [5, 5.41) is 0. The van der Waals surface area contributed by atoms with E-state index in [2.05, 4.69) is 4.98 Å². The van der Waals surface area contributed by atoms with Gasteiger partial charge in [0.1, 0.15) is 11.6 Å². The topological polar surface area (TPSA) is 42.1 Å². The Morgan fingerprint density at radius 1 is 1.21 bits per heavy atom. The molecule has 0 bridgehead atoms. The van der Waals surface area contributed by atoms with Crippen molar-refractivity contribution in [1.82, 2.24) is 4.98 Å². The van der Waals surface area contributed by atoms with Gasteiger partial charge in [0.25, 0.3) is 0 Å². The number of benzene rings is 1. The Hall–Kier alpha value is -1.94. The first-order chi connectivity index (χ1) is 9.06. The van der Waals surface area contributed by atoms with E-state index in [0.717, 1.165) is 16.9 Å². The fourth-order valence-electron chi connectivity index (χ4n) is 1.84. The quantitative estimate of drug-likeness (QED) is 0.918. The van der Waals surface area contributed by atoms with Gasteiger partial charge in [-0.05, 0) is 36.2 Å². The van der Waals surface area contributed by atoms with Crippen molar-refractivity contribution in [3.8, 4) is 0 Å². The van der Waals surface area contributed by atoms with E-state index >= 15 is 0 Å². The smallest absolute Gasteiger partial charge is 0.128 e. The Kier molecular flexibility index (Phi) is 4.12.